The highest BCUT2D eigenvalue weighted by molar-refractivity contribution is 6.45. The van der Waals surface area contributed by atoms with Gasteiger partial charge in [0, 0.05) is 19.5 Å². The van der Waals surface area contributed by atoms with E-state index in [0.717, 1.165) is 32.0 Å². The second-order valence-corrected chi connectivity index (χ2v) is 10.9. The number of carbonyl (C=O) groups excluding carboxylic acids is 2. The number of carbonyl (C=O) groups is 2. The molecule has 0 aromatic rings. The molecule has 0 bridgehead atoms. The molecule has 2 fully saturated rings. The van der Waals surface area contributed by atoms with Crippen LogP contribution < -0.4 is 5.32 Å². The SMILES string of the molecule is CC(=O)N(C)C1(C(=O)NC(C)(C)C)CCCC1CCCB1OC(C)(C)C(C)(C)O1. The third-order valence-corrected chi connectivity index (χ3v) is 7.03. The molecule has 1 aliphatic heterocycles. The van der Waals surface area contributed by atoms with Crippen LogP contribution in [0.5, 0.6) is 0 Å². The van der Waals surface area contributed by atoms with Crippen molar-refractivity contribution in [3.63, 3.8) is 0 Å². The molecule has 2 atom stereocenters. The van der Waals surface area contributed by atoms with Crippen molar-refractivity contribution in [3.8, 4) is 0 Å². The number of hydrogen-bond donors (Lipinski definition) is 1. The van der Waals surface area contributed by atoms with Gasteiger partial charge in [0.05, 0.1) is 11.2 Å². The lowest BCUT2D eigenvalue weighted by atomic mass is 9.76. The van der Waals surface area contributed by atoms with Gasteiger partial charge < -0.3 is 19.5 Å². The average Bonchev–Trinajstić information content (AvgIpc) is 3.04. The summed E-state index contributed by atoms with van der Waals surface area (Å²) < 4.78 is 12.2. The molecule has 2 aliphatic rings. The van der Waals surface area contributed by atoms with Gasteiger partial charge in [-0.2, -0.15) is 0 Å². The summed E-state index contributed by atoms with van der Waals surface area (Å²) in [7, 11) is 1.56. The number of nitrogens with zero attached hydrogens (tertiary/aromatic N) is 1. The van der Waals surface area contributed by atoms with Gasteiger partial charge >= 0.3 is 7.12 Å². The lowest BCUT2D eigenvalue weighted by molar-refractivity contribution is -0.148. The molecule has 1 N–H and O–H groups in total. The topological polar surface area (TPSA) is 67.9 Å². The van der Waals surface area contributed by atoms with E-state index in [-0.39, 0.29) is 41.6 Å². The zero-order valence-electron chi connectivity index (χ0n) is 20.0. The van der Waals surface area contributed by atoms with Crippen LogP contribution in [0.15, 0.2) is 0 Å². The third-order valence-electron chi connectivity index (χ3n) is 7.03. The highest BCUT2D eigenvalue weighted by Crippen LogP contribution is 2.44. The molecule has 1 aliphatic carbocycles. The van der Waals surface area contributed by atoms with E-state index >= 15 is 0 Å². The molecule has 0 aromatic carbocycles. The molecule has 2 unspecified atom stereocenters. The second kappa shape index (κ2) is 8.22. The lowest BCUT2D eigenvalue weighted by Gasteiger charge is -2.43. The van der Waals surface area contributed by atoms with Crippen LogP contribution >= 0.6 is 0 Å². The van der Waals surface area contributed by atoms with Crippen molar-refractivity contribution in [2.24, 2.45) is 5.92 Å². The van der Waals surface area contributed by atoms with Crippen LogP contribution in [0.2, 0.25) is 6.32 Å². The van der Waals surface area contributed by atoms with Gasteiger partial charge in [-0.25, -0.2) is 0 Å². The summed E-state index contributed by atoms with van der Waals surface area (Å²) >= 11 is 0. The molecular weight excluding hydrogens is 367 g/mol. The first-order valence-electron chi connectivity index (χ1n) is 11.0. The van der Waals surface area contributed by atoms with Crippen molar-refractivity contribution in [3.05, 3.63) is 0 Å². The van der Waals surface area contributed by atoms with E-state index in [9.17, 15) is 9.59 Å². The van der Waals surface area contributed by atoms with Crippen molar-refractivity contribution in [2.45, 2.75) is 116 Å². The minimum absolute atomic E-state index is 0.0270. The Morgan fingerprint density at radius 3 is 2.17 bits per heavy atom. The van der Waals surface area contributed by atoms with Crippen molar-refractivity contribution in [1.82, 2.24) is 10.2 Å². The first kappa shape index (κ1) is 24.2. The van der Waals surface area contributed by atoms with E-state index in [0.29, 0.717) is 6.42 Å². The Morgan fingerprint density at radius 1 is 1.14 bits per heavy atom. The second-order valence-electron chi connectivity index (χ2n) is 10.9. The maximum atomic E-state index is 13.4. The van der Waals surface area contributed by atoms with Crippen molar-refractivity contribution < 1.29 is 18.9 Å². The standard InChI is InChI=1S/C22H41BN2O4/c1-16(26)25(9)22(18(27)24-19(2,3)4)14-10-12-17(22)13-11-15-23-28-20(5,6)21(7,8)29-23/h17H,10-15H2,1-9H3,(H,24,27). The van der Waals surface area contributed by atoms with Crippen LogP contribution in [-0.4, -0.2) is 53.2 Å². The summed E-state index contributed by atoms with van der Waals surface area (Å²) in [6.07, 6.45) is 5.20. The van der Waals surface area contributed by atoms with E-state index < -0.39 is 5.54 Å². The molecule has 0 aromatic heterocycles. The highest BCUT2D eigenvalue weighted by Gasteiger charge is 2.54. The van der Waals surface area contributed by atoms with Gasteiger partial charge in [-0.15, -0.1) is 0 Å². The van der Waals surface area contributed by atoms with E-state index in [1.54, 1.807) is 18.9 Å². The summed E-state index contributed by atoms with van der Waals surface area (Å²) in [6.45, 7) is 15.7. The van der Waals surface area contributed by atoms with Crippen LogP contribution in [0.3, 0.4) is 0 Å². The molecule has 0 spiro atoms. The monoisotopic (exact) mass is 408 g/mol. The van der Waals surface area contributed by atoms with Gasteiger partial charge in [-0.05, 0) is 80.0 Å². The van der Waals surface area contributed by atoms with Gasteiger partial charge in [0.25, 0.3) is 0 Å². The molecule has 2 amide bonds. The minimum Gasteiger partial charge on any atom is -0.403 e. The molecule has 166 valence electrons. The number of likely N-dealkylation sites (N-methyl/N-ethyl adjacent to an activating group) is 1. The largest absolute Gasteiger partial charge is 0.457 e. The van der Waals surface area contributed by atoms with Gasteiger partial charge in [-0.3, -0.25) is 9.59 Å². The Morgan fingerprint density at radius 2 is 1.69 bits per heavy atom. The van der Waals surface area contributed by atoms with Crippen LogP contribution in [-0.2, 0) is 18.9 Å². The minimum atomic E-state index is -0.769. The summed E-state index contributed by atoms with van der Waals surface area (Å²) in [6, 6.07) is 0. The Hall–Kier alpha value is -1.08. The molecular formula is C22H41BN2O4. The van der Waals surface area contributed by atoms with Crippen molar-refractivity contribution >= 4 is 18.9 Å². The predicted octanol–water partition coefficient (Wildman–Crippen LogP) is 3.79. The Labute approximate surface area is 177 Å². The Balaban J connectivity index is 2.09. The maximum absolute atomic E-state index is 13.4. The first-order chi connectivity index (χ1) is 13.1. The predicted molar refractivity (Wildman–Crippen MR) is 117 cm³/mol. The third kappa shape index (κ3) is 4.99. The molecule has 1 saturated carbocycles. The normalized spacial score (nSPS) is 28.4. The summed E-state index contributed by atoms with van der Waals surface area (Å²) in [4.78, 5) is 27.3. The molecule has 6 nitrogen and oxygen atoms in total. The van der Waals surface area contributed by atoms with Crippen LogP contribution in [0.1, 0.15) is 87.5 Å². The fourth-order valence-corrected chi connectivity index (χ4v) is 4.68. The molecule has 1 heterocycles. The van der Waals surface area contributed by atoms with E-state index in [4.69, 9.17) is 9.31 Å². The fraction of sp³-hybridized carbons (Fsp3) is 0.909. The Bertz CT molecular complexity index is 613. The fourth-order valence-electron chi connectivity index (χ4n) is 4.68. The summed E-state index contributed by atoms with van der Waals surface area (Å²) in [5, 5.41) is 3.14. The molecule has 0 radical (unpaired) electrons. The lowest BCUT2D eigenvalue weighted by Crippen LogP contribution is -2.63. The quantitative estimate of drug-likeness (QED) is 0.679. The van der Waals surface area contributed by atoms with Crippen LogP contribution in [0.25, 0.3) is 0 Å². The van der Waals surface area contributed by atoms with Gasteiger partial charge in [0.2, 0.25) is 11.8 Å². The maximum Gasteiger partial charge on any atom is 0.457 e. The Kier molecular flexibility index (Phi) is 6.86. The van der Waals surface area contributed by atoms with Crippen LogP contribution in [0, 0.1) is 5.92 Å². The number of rotatable bonds is 6. The van der Waals surface area contributed by atoms with Crippen molar-refractivity contribution in [1.29, 1.82) is 0 Å². The summed E-state index contributed by atoms with van der Waals surface area (Å²) in [5.41, 5.74) is -1.75. The first-order valence-corrected chi connectivity index (χ1v) is 11.0. The van der Waals surface area contributed by atoms with Gasteiger partial charge in [0.1, 0.15) is 5.54 Å². The number of hydrogen-bond acceptors (Lipinski definition) is 4. The van der Waals surface area contributed by atoms with Crippen molar-refractivity contribution in [2.75, 3.05) is 7.05 Å². The van der Waals surface area contributed by atoms with Gasteiger partial charge in [0.15, 0.2) is 0 Å². The van der Waals surface area contributed by atoms with E-state index in [2.05, 4.69) is 33.0 Å². The van der Waals surface area contributed by atoms with Crippen LogP contribution in [0.4, 0.5) is 0 Å². The van der Waals surface area contributed by atoms with E-state index in [1.165, 1.54) is 0 Å². The summed E-state index contributed by atoms with van der Waals surface area (Å²) in [5.74, 6) is 0.0499. The van der Waals surface area contributed by atoms with E-state index in [1.807, 2.05) is 20.8 Å². The molecule has 29 heavy (non-hydrogen) atoms. The average molecular weight is 408 g/mol. The molecule has 1 saturated heterocycles. The molecule has 7 heteroatoms. The highest BCUT2D eigenvalue weighted by atomic mass is 16.7. The number of nitrogens with one attached hydrogen (secondary N) is 1. The smallest absolute Gasteiger partial charge is 0.403 e. The zero-order chi connectivity index (χ0) is 22.3. The number of amides is 2. The van der Waals surface area contributed by atoms with Gasteiger partial charge in [-0.1, -0.05) is 12.8 Å². The zero-order valence-corrected chi connectivity index (χ0v) is 20.0. The molecule has 2 rings (SSSR count).